The van der Waals surface area contributed by atoms with Gasteiger partial charge in [0.05, 0.1) is 13.2 Å². The number of aromatic nitrogens is 2. The summed E-state index contributed by atoms with van der Waals surface area (Å²) < 4.78 is 6.58. The summed E-state index contributed by atoms with van der Waals surface area (Å²) in [6.07, 6.45) is 5.20. The Labute approximate surface area is 117 Å². The zero-order valence-electron chi connectivity index (χ0n) is 11.6. The molecule has 1 aliphatic rings. The minimum absolute atomic E-state index is 0.366. The van der Waals surface area contributed by atoms with Crippen LogP contribution in [0.4, 0.5) is 5.82 Å². The Kier molecular flexibility index (Phi) is 5.11. The second-order valence-electron chi connectivity index (χ2n) is 4.92. The highest BCUT2D eigenvalue weighted by molar-refractivity contribution is 6.39. The zero-order chi connectivity index (χ0) is 14.4. The van der Waals surface area contributed by atoms with E-state index in [1.807, 2.05) is 0 Å². The fourth-order valence-electron chi connectivity index (χ4n) is 1.93. The molecule has 0 spiro atoms. The van der Waals surface area contributed by atoms with Crippen LogP contribution in [0.25, 0.3) is 0 Å². The molecule has 1 fully saturated rings. The molecule has 2 rings (SSSR count). The van der Waals surface area contributed by atoms with Crippen molar-refractivity contribution in [3.63, 3.8) is 0 Å². The number of hydrogen-bond acceptors (Lipinski definition) is 4. The number of methoxy groups -OCH3 is 1. The number of anilines is 1. The van der Waals surface area contributed by atoms with Gasteiger partial charge in [0.15, 0.2) is 5.82 Å². The van der Waals surface area contributed by atoms with Crippen molar-refractivity contribution < 1.29 is 14.3 Å². The summed E-state index contributed by atoms with van der Waals surface area (Å²) >= 11 is 0. The molecule has 1 heterocycles. The minimum atomic E-state index is -0.679. The first kappa shape index (κ1) is 14.5. The first-order valence-electron chi connectivity index (χ1n) is 6.80. The Morgan fingerprint density at radius 2 is 2.25 bits per heavy atom. The number of ether oxygens (including phenoxy) is 1. The minimum Gasteiger partial charge on any atom is -0.383 e. The lowest BCUT2D eigenvalue weighted by atomic mass is 9.85. The van der Waals surface area contributed by atoms with E-state index in [0.29, 0.717) is 31.4 Å². The van der Waals surface area contributed by atoms with Gasteiger partial charge in [-0.25, -0.2) is 0 Å². The molecule has 7 nitrogen and oxygen atoms in total. The van der Waals surface area contributed by atoms with Gasteiger partial charge in [0, 0.05) is 25.9 Å². The largest absolute Gasteiger partial charge is 0.383 e. The van der Waals surface area contributed by atoms with E-state index in [9.17, 15) is 9.59 Å². The Hall–Kier alpha value is -1.89. The smallest absolute Gasteiger partial charge is 0.314 e. The quantitative estimate of drug-likeness (QED) is 0.738. The van der Waals surface area contributed by atoms with E-state index in [4.69, 9.17) is 4.74 Å². The molecule has 0 bridgehead atoms. The molecule has 1 aliphatic carbocycles. The van der Waals surface area contributed by atoms with E-state index in [1.165, 1.54) is 6.42 Å². The maximum absolute atomic E-state index is 11.7. The predicted octanol–water partition coefficient (Wildman–Crippen LogP) is 0.384. The maximum Gasteiger partial charge on any atom is 0.314 e. The molecular formula is C13H20N4O3. The molecule has 0 aliphatic heterocycles. The number of nitrogens with one attached hydrogen (secondary N) is 2. The first-order valence-corrected chi connectivity index (χ1v) is 6.80. The molecule has 0 unspecified atom stereocenters. The molecule has 0 saturated heterocycles. The van der Waals surface area contributed by atoms with Crippen LogP contribution in [0.1, 0.15) is 19.3 Å². The summed E-state index contributed by atoms with van der Waals surface area (Å²) in [6, 6.07) is 1.65. The molecule has 2 amide bonds. The topological polar surface area (TPSA) is 85.2 Å². The van der Waals surface area contributed by atoms with Crippen molar-refractivity contribution in [3.8, 4) is 0 Å². The Morgan fingerprint density at radius 3 is 2.90 bits per heavy atom. The number of hydrogen-bond donors (Lipinski definition) is 2. The second kappa shape index (κ2) is 7.04. The van der Waals surface area contributed by atoms with E-state index in [0.717, 1.165) is 12.8 Å². The van der Waals surface area contributed by atoms with Crippen molar-refractivity contribution in [2.24, 2.45) is 5.92 Å². The summed E-state index contributed by atoms with van der Waals surface area (Å²) in [6.45, 7) is 1.71. The fourth-order valence-corrected chi connectivity index (χ4v) is 1.93. The SMILES string of the molecule is COCCn1ccc(NC(=O)C(=O)NCC2CCC2)n1. The third-order valence-corrected chi connectivity index (χ3v) is 3.39. The standard InChI is InChI=1S/C13H20N4O3/c1-20-8-7-17-6-5-11(16-17)15-13(19)12(18)14-9-10-3-2-4-10/h5-6,10H,2-4,7-9H2,1H3,(H,14,18)(H,15,16,19). The molecule has 2 N–H and O–H groups in total. The lowest BCUT2D eigenvalue weighted by molar-refractivity contribution is -0.136. The van der Waals surface area contributed by atoms with Crippen LogP contribution in [0.15, 0.2) is 12.3 Å². The van der Waals surface area contributed by atoms with Crippen molar-refractivity contribution >= 4 is 17.6 Å². The Balaban J connectivity index is 1.74. The van der Waals surface area contributed by atoms with Crippen LogP contribution in [0.2, 0.25) is 0 Å². The summed E-state index contributed by atoms with van der Waals surface area (Å²) in [7, 11) is 1.61. The van der Waals surface area contributed by atoms with Crippen molar-refractivity contribution in [3.05, 3.63) is 12.3 Å². The Morgan fingerprint density at radius 1 is 1.45 bits per heavy atom. The van der Waals surface area contributed by atoms with Crippen LogP contribution in [-0.2, 0) is 20.9 Å². The van der Waals surface area contributed by atoms with E-state index >= 15 is 0 Å². The van der Waals surface area contributed by atoms with E-state index in [1.54, 1.807) is 24.1 Å². The first-order chi connectivity index (χ1) is 9.69. The fraction of sp³-hybridized carbons (Fsp3) is 0.615. The monoisotopic (exact) mass is 280 g/mol. The van der Waals surface area contributed by atoms with Gasteiger partial charge in [0.25, 0.3) is 0 Å². The predicted molar refractivity (Wildman–Crippen MR) is 73.1 cm³/mol. The molecule has 0 atom stereocenters. The summed E-state index contributed by atoms with van der Waals surface area (Å²) in [5.74, 6) is -0.394. The highest BCUT2D eigenvalue weighted by Gasteiger charge is 2.20. The molecule has 20 heavy (non-hydrogen) atoms. The Bertz CT molecular complexity index is 468. The molecule has 7 heteroatoms. The third-order valence-electron chi connectivity index (χ3n) is 3.39. The molecule has 1 aromatic heterocycles. The van der Waals surface area contributed by atoms with Gasteiger partial charge < -0.3 is 15.4 Å². The van der Waals surface area contributed by atoms with Gasteiger partial charge in [-0.05, 0) is 18.8 Å². The van der Waals surface area contributed by atoms with Gasteiger partial charge in [-0.1, -0.05) is 6.42 Å². The maximum atomic E-state index is 11.7. The summed E-state index contributed by atoms with van der Waals surface area (Å²) in [5.41, 5.74) is 0. The number of rotatable bonds is 6. The van der Waals surface area contributed by atoms with Crippen LogP contribution < -0.4 is 10.6 Å². The summed E-state index contributed by atoms with van der Waals surface area (Å²) in [5, 5.41) is 9.23. The van der Waals surface area contributed by atoms with E-state index in [2.05, 4.69) is 15.7 Å². The zero-order valence-corrected chi connectivity index (χ0v) is 11.6. The van der Waals surface area contributed by atoms with Crippen molar-refractivity contribution in [1.29, 1.82) is 0 Å². The normalized spacial score (nSPS) is 14.7. The third kappa shape index (κ3) is 4.06. The van der Waals surface area contributed by atoms with Gasteiger partial charge in [-0.15, -0.1) is 0 Å². The number of carbonyl (C=O) groups excluding carboxylic acids is 2. The summed E-state index contributed by atoms with van der Waals surface area (Å²) in [4.78, 5) is 23.3. The van der Waals surface area contributed by atoms with Gasteiger partial charge in [-0.3, -0.25) is 14.3 Å². The van der Waals surface area contributed by atoms with E-state index < -0.39 is 11.8 Å². The number of nitrogens with zero attached hydrogens (tertiary/aromatic N) is 2. The second-order valence-corrected chi connectivity index (χ2v) is 4.92. The van der Waals surface area contributed by atoms with Crippen LogP contribution in [0, 0.1) is 5.92 Å². The van der Waals surface area contributed by atoms with Crippen LogP contribution >= 0.6 is 0 Å². The molecule has 0 radical (unpaired) electrons. The van der Waals surface area contributed by atoms with Gasteiger partial charge in [0.2, 0.25) is 0 Å². The average Bonchev–Trinajstić information content (AvgIpc) is 2.81. The molecule has 0 aromatic carbocycles. The molecule has 1 aromatic rings. The molecule has 1 saturated carbocycles. The number of amides is 2. The van der Waals surface area contributed by atoms with Gasteiger partial charge in [0.1, 0.15) is 0 Å². The highest BCUT2D eigenvalue weighted by atomic mass is 16.5. The van der Waals surface area contributed by atoms with Crippen molar-refractivity contribution in [2.75, 3.05) is 25.6 Å². The number of carbonyl (C=O) groups is 2. The lowest BCUT2D eigenvalue weighted by Crippen LogP contribution is -2.39. The molecule has 110 valence electrons. The highest BCUT2D eigenvalue weighted by Crippen LogP contribution is 2.25. The van der Waals surface area contributed by atoms with Crippen LogP contribution in [0.3, 0.4) is 0 Å². The van der Waals surface area contributed by atoms with Gasteiger partial charge in [-0.2, -0.15) is 5.10 Å². The van der Waals surface area contributed by atoms with Crippen molar-refractivity contribution in [2.45, 2.75) is 25.8 Å². The lowest BCUT2D eigenvalue weighted by Gasteiger charge is -2.25. The van der Waals surface area contributed by atoms with Crippen LogP contribution in [0.5, 0.6) is 0 Å². The average molecular weight is 280 g/mol. The molecular weight excluding hydrogens is 260 g/mol. The van der Waals surface area contributed by atoms with Crippen LogP contribution in [-0.4, -0.2) is 41.9 Å². The van der Waals surface area contributed by atoms with Gasteiger partial charge >= 0.3 is 11.8 Å². The van der Waals surface area contributed by atoms with Crippen molar-refractivity contribution in [1.82, 2.24) is 15.1 Å². The van der Waals surface area contributed by atoms with E-state index in [-0.39, 0.29) is 0 Å².